The normalized spacial score (nSPS) is 11.5. The van der Waals surface area contributed by atoms with Gasteiger partial charge >= 0.3 is 10.4 Å². The Hall–Kier alpha value is -0.170. The van der Waals surface area contributed by atoms with Gasteiger partial charge < -0.3 is 5.32 Å². The van der Waals surface area contributed by atoms with Crippen LogP contribution in [0.5, 0.6) is 0 Å². The van der Waals surface area contributed by atoms with E-state index in [-0.39, 0.29) is 13.2 Å². The van der Waals surface area contributed by atoms with Gasteiger partial charge in [-0.2, -0.15) is 8.42 Å². The van der Waals surface area contributed by atoms with E-state index >= 15 is 0 Å². The highest BCUT2D eigenvalue weighted by Gasteiger charge is 2.11. The first kappa shape index (κ1) is 46.0. The largest absolute Gasteiger partial charge is 0.399 e. The smallest absolute Gasteiger partial charge is 0.323 e. The lowest BCUT2D eigenvalue weighted by molar-refractivity contribution is 0.208. The first-order chi connectivity index (χ1) is 21.5. The SMILES string of the molecule is CCCCCCCCCCCCCCCCCCOS(=O)(=O)OCCCCCCCCCCCCCCCCCC.CNC. The third kappa shape index (κ3) is 44.0. The van der Waals surface area contributed by atoms with Gasteiger partial charge in [-0.05, 0) is 26.9 Å². The van der Waals surface area contributed by atoms with E-state index < -0.39 is 10.4 Å². The summed E-state index contributed by atoms with van der Waals surface area (Å²) >= 11 is 0. The summed E-state index contributed by atoms with van der Waals surface area (Å²) in [6.07, 6.45) is 41.8. The molecule has 268 valence electrons. The third-order valence-corrected chi connectivity index (χ3v) is 9.36. The molecular weight excluding hydrogens is 566 g/mol. The molecule has 0 saturated heterocycles. The van der Waals surface area contributed by atoms with Gasteiger partial charge in [0.15, 0.2) is 0 Å². The third-order valence-electron chi connectivity index (χ3n) is 8.45. The minimum atomic E-state index is -3.82. The number of unbranched alkanes of at least 4 members (excludes halogenated alkanes) is 30. The van der Waals surface area contributed by atoms with Crippen LogP contribution in [0.1, 0.15) is 219 Å². The first-order valence-corrected chi connectivity index (χ1v) is 21.0. The summed E-state index contributed by atoms with van der Waals surface area (Å²) in [4.78, 5) is 0. The van der Waals surface area contributed by atoms with Crippen molar-refractivity contribution in [3.63, 3.8) is 0 Å². The summed E-state index contributed by atoms with van der Waals surface area (Å²) in [6, 6.07) is 0. The highest BCUT2D eigenvalue weighted by Crippen LogP contribution is 2.15. The molecule has 0 aromatic rings. The Kier molecular flexibility index (Phi) is 42.7. The average molecular weight is 648 g/mol. The van der Waals surface area contributed by atoms with Gasteiger partial charge in [0.05, 0.1) is 13.2 Å². The van der Waals surface area contributed by atoms with Gasteiger partial charge in [0.1, 0.15) is 0 Å². The quantitative estimate of drug-likeness (QED) is 0.0685. The van der Waals surface area contributed by atoms with Crippen LogP contribution >= 0.6 is 0 Å². The lowest BCUT2D eigenvalue weighted by Crippen LogP contribution is -2.12. The van der Waals surface area contributed by atoms with E-state index in [0.717, 1.165) is 25.7 Å². The number of rotatable bonds is 36. The second kappa shape index (κ2) is 40.9. The highest BCUT2D eigenvalue weighted by molar-refractivity contribution is 7.81. The molecule has 0 heterocycles. The van der Waals surface area contributed by atoms with Crippen molar-refractivity contribution in [2.75, 3.05) is 27.3 Å². The second-order valence-corrected chi connectivity index (χ2v) is 14.4. The topological polar surface area (TPSA) is 64.6 Å². The molecule has 0 fully saturated rings. The summed E-state index contributed by atoms with van der Waals surface area (Å²) in [5, 5.41) is 2.75. The lowest BCUT2D eigenvalue weighted by Gasteiger charge is -2.07. The van der Waals surface area contributed by atoms with Crippen LogP contribution in [0.4, 0.5) is 0 Å². The molecule has 1 N–H and O–H groups in total. The molecule has 0 aromatic heterocycles. The summed E-state index contributed by atoms with van der Waals surface area (Å²) < 4.78 is 33.9. The van der Waals surface area contributed by atoms with Crippen molar-refractivity contribution in [1.29, 1.82) is 0 Å². The minimum Gasteiger partial charge on any atom is -0.323 e. The maximum atomic E-state index is 11.9. The molecule has 0 aliphatic rings. The van der Waals surface area contributed by atoms with E-state index in [9.17, 15) is 8.42 Å². The molecule has 0 rings (SSSR count). The van der Waals surface area contributed by atoms with Crippen LogP contribution in [-0.4, -0.2) is 35.7 Å². The van der Waals surface area contributed by atoms with Crippen molar-refractivity contribution in [2.45, 2.75) is 219 Å². The Labute approximate surface area is 278 Å². The summed E-state index contributed by atoms with van der Waals surface area (Å²) in [7, 11) is -0.0730. The monoisotopic (exact) mass is 648 g/mol. The van der Waals surface area contributed by atoms with Gasteiger partial charge in [-0.3, -0.25) is 0 Å². The van der Waals surface area contributed by atoms with E-state index in [1.165, 1.54) is 180 Å². The van der Waals surface area contributed by atoms with Gasteiger partial charge in [-0.25, -0.2) is 8.37 Å². The predicted molar refractivity (Wildman–Crippen MR) is 195 cm³/mol. The molecule has 5 nitrogen and oxygen atoms in total. The van der Waals surface area contributed by atoms with Crippen molar-refractivity contribution in [2.24, 2.45) is 0 Å². The Bertz CT molecular complexity index is 556. The van der Waals surface area contributed by atoms with Crippen LogP contribution in [0.2, 0.25) is 0 Å². The zero-order valence-electron chi connectivity index (χ0n) is 30.6. The van der Waals surface area contributed by atoms with Crippen molar-refractivity contribution in [1.82, 2.24) is 5.32 Å². The molecule has 0 unspecified atom stereocenters. The van der Waals surface area contributed by atoms with Gasteiger partial charge in [-0.1, -0.05) is 206 Å². The lowest BCUT2D eigenvalue weighted by atomic mass is 10.0. The zero-order valence-corrected chi connectivity index (χ0v) is 31.4. The second-order valence-electron chi connectivity index (χ2n) is 13.2. The molecule has 0 saturated carbocycles. The van der Waals surface area contributed by atoms with E-state index in [1.807, 2.05) is 14.1 Å². The van der Waals surface area contributed by atoms with Crippen LogP contribution in [0.3, 0.4) is 0 Å². The van der Waals surface area contributed by atoms with Gasteiger partial charge in [-0.15, -0.1) is 0 Å². The van der Waals surface area contributed by atoms with Gasteiger partial charge in [0.25, 0.3) is 0 Å². The van der Waals surface area contributed by atoms with Gasteiger partial charge in [0, 0.05) is 0 Å². The summed E-state index contributed by atoms with van der Waals surface area (Å²) in [5.74, 6) is 0. The molecule has 0 atom stereocenters. The standard InChI is InChI=1S/C36H74O4S.C2H7N/c1-3-5-7-9-11-13-15-17-19-21-23-25-27-29-31-33-35-39-41(37,38)40-36-34-32-30-28-26-24-22-20-18-16-14-12-10-8-6-4-2;1-3-2/h3-36H2,1-2H3;3H,1-2H3. The summed E-state index contributed by atoms with van der Waals surface area (Å²) in [6.45, 7) is 5.06. The van der Waals surface area contributed by atoms with E-state index in [4.69, 9.17) is 8.37 Å². The highest BCUT2D eigenvalue weighted by atomic mass is 32.3. The molecule has 44 heavy (non-hydrogen) atoms. The molecule has 0 aliphatic heterocycles. The van der Waals surface area contributed by atoms with E-state index in [0.29, 0.717) is 0 Å². The molecule has 0 aliphatic carbocycles. The predicted octanol–water partition coefficient (Wildman–Crippen LogP) is 12.6. The van der Waals surface area contributed by atoms with Crippen molar-refractivity contribution in [3.8, 4) is 0 Å². The molecular formula is C38H81NO4S. The Balaban J connectivity index is 0. The fourth-order valence-corrected chi connectivity index (χ4v) is 6.37. The Morgan fingerprint density at radius 1 is 0.341 bits per heavy atom. The minimum absolute atomic E-state index is 0.250. The molecule has 0 aromatic carbocycles. The molecule has 0 radical (unpaired) electrons. The first-order valence-electron chi connectivity index (χ1n) is 19.7. The van der Waals surface area contributed by atoms with E-state index in [1.54, 1.807) is 0 Å². The van der Waals surface area contributed by atoms with Crippen LogP contribution < -0.4 is 5.32 Å². The average Bonchev–Trinajstić information content (AvgIpc) is 3.00. The molecule has 0 bridgehead atoms. The van der Waals surface area contributed by atoms with E-state index in [2.05, 4.69) is 19.2 Å². The maximum absolute atomic E-state index is 11.9. The maximum Gasteiger partial charge on any atom is 0.399 e. The van der Waals surface area contributed by atoms with Crippen LogP contribution in [0.25, 0.3) is 0 Å². The fourth-order valence-electron chi connectivity index (χ4n) is 5.66. The van der Waals surface area contributed by atoms with Crippen molar-refractivity contribution >= 4 is 10.4 Å². The Morgan fingerprint density at radius 2 is 0.500 bits per heavy atom. The van der Waals surface area contributed by atoms with Crippen LogP contribution in [0, 0.1) is 0 Å². The molecule has 0 amide bonds. The van der Waals surface area contributed by atoms with Crippen LogP contribution in [-0.2, 0) is 18.8 Å². The van der Waals surface area contributed by atoms with Gasteiger partial charge in [0.2, 0.25) is 0 Å². The van der Waals surface area contributed by atoms with Crippen molar-refractivity contribution < 1.29 is 16.8 Å². The fraction of sp³-hybridized carbons (Fsp3) is 1.00. The van der Waals surface area contributed by atoms with Crippen molar-refractivity contribution in [3.05, 3.63) is 0 Å². The number of hydrogen-bond acceptors (Lipinski definition) is 5. The number of nitrogens with one attached hydrogen (secondary N) is 1. The van der Waals surface area contributed by atoms with Crippen LogP contribution in [0.15, 0.2) is 0 Å². The molecule has 0 spiro atoms. The Morgan fingerprint density at radius 3 is 0.682 bits per heavy atom. The number of hydrogen-bond donors (Lipinski definition) is 1. The summed E-state index contributed by atoms with van der Waals surface area (Å²) in [5.41, 5.74) is 0. The molecule has 6 heteroatoms. The zero-order chi connectivity index (χ0) is 32.7.